The molecule has 0 bridgehead atoms. The first-order valence-electron chi connectivity index (χ1n) is 9.97. The van der Waals surface area contributed by atoms with Crippen LogP contribution in [0.5, 0.6) is 17.2 Å². The number of nitrogens with two attached hydrogens (primary N) is 1. The highest BCUT2D eigenvalue weighted by Crippen LogP contribution is 2.44. The summed E-state index contributed by atoms with van der Waals surface area (Å²) in [4.78, 5) is 12.5. The van der Waals surface area contributed by atoms with E-state index in [1.807, 2.05) is 6.07 Å². The summed E-state index contributed by atoms with van der Waals surface area (Å²) in [6.07, 6.45) is -0.978. The van der Waals surface area contributed by atoms with Crippen molar-refractivity contribution < 1.29 is 27.8 Å². The molecule has 0 amide bonds. The average molecular weight is 448 g/mol. The lowest BCUT2D eigenvalue weighted by Crippen LogP contribution is -2.28. The summed E-state index contributed by atoms with van der Waals surface area (Å²) < 4.78 is 44.0. The minimum Gasteiger partial charge on any atom is -0.479 e. The van der Waals surface area contributed by atoms with E-state index in [9.17, 15) is 18.8 Å². The monoisotopic (exact) mass is 448 g/mol. The molecular formula is C25H18F2N2O4. The van der Waals surface area contributed by atoms with Crippen LogP contribution in [0.1, 0.15) is 24.0 Å². The molecule has 0 saturated carbocycles. The molecule has 1 aliphatic rings. The molecule has 8 heteroatoms. The molecule has 2 unspecified atom stereocenters. The Bertz CT molecular complexity index is 1280. The molecule has 33 heavy (non-hydrogen) atoms. The number of hydrogen-bond acceptors (Lipinski definition) is 6. The molecule has 2 atom stereocenters. The van der Waals surface area contributed by atoms with E-state index in [-0.39, 0.29) is 28.5 Å². The Morgan fingerprint density at radius 1 is 1.06 bits per heavy atom. The molecule has 0 aliphatic carbocycles. The van der Waals surface area contributed by atoms with Crippen LogP contribution in [-0.2, 0) is 4.79 Å². The molecule has 0 spiro atoms. The Hall–Kier alpha value is -4.38. The van der Waals surface area contributed by atoms with Crippen LogP contribution in [0.2, 0.25) is 0 Å². The first-order valence-corrected chi connectivity index (χ1v) is 9.97. The number of rotatable bonds is 5. The van der Waals surface area contributed by atoms with Crippen molar-refractivity contribution in [2.24, 2.45) is 5.73 Å². The predicted octanol–water partition coefficient (Wildman–Crippen LogP) is 4.56. The van der Waals surface area contributed by atoms with E-state index in [1.165, 1.54) is 49.4 Å². The maximum absolute atomic E-state index is 14.5. The zero-order valence-electron chi connectivity index (χ0n) is 17.4. The third-order valence-corrected chi connectivity index (χ3v) is 5.08. The second-order valence-electron chi connectivity index (χ2n) is 7.28. The topological polar surface area (TPSA) is 94.6 Å². The third-order valence-electron chi connectivity index (χ3n) is 5.08. The SMILES string of the molecule is CC(Oc1ccc(F)cc1)C(=O)Oc1ccc2c(c1)OC(N)=C(C#N)C2c1ccccc1F. The van der Waals surface area contributed by atoms with Crippen LogP contribution in [-0.4, -0.2) is 12.1 Å². The number of esters is 1. The molecule has 0 saturated heterocycles. The van der Waals surface area contributed by atoms with Crippen LogP contribution in [0.4, 0.5) is 8.78 Å². The quantitative estimate of drug-likeness (QED) is 0.454. The lowest BCUT2D eigenvalue weighted by molar-refractivity contribution is -0.141. The van der Waals surface area contributed by atoms with Crippen molar-refractivity contribution in [3.63, 3.8) is 0 Å². The fourth-order valence-electron chi connectivity index (χ4n) is 3.49. The molecule has 3 aromatic rings. The van der Waals surface area contributed by atoms with Crippen LogP contribution in [0.25, 0.3) is 0 Å². The van der Waals surface area contributed by atoms with Crippen molar-refractivity contribution in [2.45, 2.75) is 18.9 Å². The number of nitriles is 1. The molecule has 166 valence electrons. The summed E-state index contributed by atoms with van der Waals surface area (Å²) >= 11 is 0. The van der Waals surface area contributed by atoms with Gasteiger partial charge in [0.1, 0.15) is 40.5 Å². The number of carbonyl (C=O) groups is 1. The first kappa shape index (κ1) is 21.8. The smallest absolute Gasteiger partial charge is 0.352 e. The van der Waals surface area contributed by atoms with E-state index < -0.39 is 29.6 Å². The standard InChI is InChI=1S/C25H18F2N2O4/c1-14(31-16-8-6-15(26)7-9-16)25(30)32-17-10-11-19-22(12-17)33-24(29)20(13-28)23(19)18-4-2-3-5-21(18)27/h2-12,14,23H,29H2,1H3. The molecule has 3 aromatic carbocycles. The van der Waals surface area contributed by atoms with E-state index in [0.717, 1.165) is 0 Å². The number of halogens is 2. The second kappa shape index (κ2) is 9.01. The fraction of sp³-hybridized carbons (Fsp3) is 0.120. The van der Waals surface area contributed by atoms with Gasteiger partial charge in [0.25, 0.3) is 0 Å². The lowest BCUT2D eigenvalue weighted by atomic mass is 9.83. The summed E-state index contributed by atoms with van der Waals surface area (Å²) in [6.45, 7) is 1.49. The number of benzene rings is 3. The molecule has 4 rings (SSSR count). The summed E-state index contributed by atoms with van der Waals surface area (Å²) in [7, 11) is 0. The summed E-state index contributed by atoms with van der Waals surface area (Å²) in [5, 5.41) is 9.59. The van der Waals surface area contributed by atoms with Gasteiger partial charge in [-0.2, -0.15) is 5.26 Å². The zero-order valence-corrected chi connectivity index (χ0v) is 17.4. The highest BCUT2D eigenvalue weighted by molar-refractivity contribution is 5.77. The molecule has 0 aromatic heterocycles. The van der Waals surface area contributed by atoms with Gasteiger partial charge in [0.15, 0.2) is 6.10 Å². The van der Waals surface area contributed by atoms with E-state index >= 15 is 0 Å². The van der Waals surface area contributed by atoms with Gasteiger partial charge in [-0.15, -0.1) is 0 Å². The number of fused-ring (bicyclic) bond motifs is 1. The Morgan fingerprint density at radius 2 is 1.76 bits per heavy atom. The Morgan fingerprint density at radius 3 is 2.45 bits per heavy atom. The molecule has 1 heterocycles. The van der Waals surface area contributed by atoms with Crippen molar-refractivity contribution in [2.75, 3.05) is 0 Å². The Labute approximate surface area is 188 Å². The lowest BCUT2D eigenvalue weighted by Gasteiger charge is -2.27. The van der Waals surface area contributed by atoms with Gasteiger partial charge >= 0.3 is 5.97 Å². The molecule has 1 aliphatic heterocycles. The number of hydrogen-bond donors (Lipinski definition) is 1. The normalized spacial score (nSPS) is 15.6. The van der Waals surface area contributed by atoms with Gasteiger partial charge in [-0.3, -0.25) is 0 Å². The average Bonchev–Trinajstić information content (AvgIpc) is 2.80. The van der Waals surface area contributed by atoms with E-state index in [1.54, 1.807) is 24.3 Å². The molecule has 2 N–H and O–H groups in total. The molecule has 6 nitrogen and oxygen atoms in total. The fourth-order valence-corrected chi connectivity index (χ4v) is 3.49. The van der Waals surface area contributed by atoms with Crippen molar-refractivity contribution >= 4 is 5.97 Å². The molecule has 0 radical (unpaired) electrons. The zero-order chi connectivity index (χ0) is 23.5. The van der Waals surface area contributed by atoms with Crippen molar-refractivity contribution in [1.29, 1.82) is 5.26 Å². The van der Waals surface area contributed by atoms with Gasteiger partial charge in [0, 0.05) is 17.2 Å². The van der Waals surface area contributed by atoms with Crippen molar-refractivity contribution in [3.05, 3.63) is 101 Å². The minimum absolute atomic E-state index is 0.0821. The summed E-state index contributed by atoms with van der Waals surface area (Å²) in [5.41, 5.74) is 6.79. The van der Waals surface area contributed by atoms with Gasteiger partial charge in [0.2, 0.25) is 5.88 Å². The van der Waals surface area contributed by atoms with Crippen LogP contribution < -0.4 is 19.9 Å². The second-order valence-corrected chi connectivity index (χ2v) is 7.28. The van der Waals surface area contributed by atoms with Crippen molar-refractivity contribution in [1.82, 2.24) is 0 Å². The highest BCUT2D eigenvalue weighted by atomic mass is 19.1. The summed E-state index contributed by atoms with van der Waals surface area (Å²) in [5.74, 6) is -1.84. The number of carbonyl (C=O) groups excluding carboxylic acids is 1. The maximum Gasteiger partial charge on any atom is 0.352 e. The third kappa shape index (κ3) is 4.48. The van der Waals surface area contributed by atoms with Crippen LogP contribution in [0, 0.1) is 23.0 Å². The number of allylic oxidation sites excluding steroid dienone is 1. The van der Waals surface area contributed by atoms with E-state index in [0.29, 0.717) is 11.3 Å². The largest absolute Gasteiger partial charge is 0.479 e. The van der Waals surface area contributed by atoms with Gasteiger partial charge < -0.3 is 19.9 Å². The van der Waals surface area contributed by atoms with Crippen LogP contribution in [0.15, 0.2) is 78.2 Å². The number of ether oxygens (including phenoxy) is 3. The van der Waals surface area contributed by atoms with Crippen LogP contribution in [0.3, 0.4) is 0 Å². The predicted molar refractivity (Wildman–Crippen MR) is 114 cm³/mol. The number of nitrogens with zero attached hydrogens (tertiary/aromatic N) is 1. The van der Waals surface area contributed by atoms with Crippen molar-refractivity contribution in [3.8, 4) is 23.3 Å². The van der Waals surface area contributed by atoms with Gasteiger partial charge in [-0.25, -0.2) is 13.6 Å². The Kier molecular flexibility index (Phi) is 5.96. The highest BCUT2D eigenvalue weighted by Gasteiger charge is 2.32. The maximum atomic E-state index is 14.5. The van der Waals surface area contributed by atoms with Gasteiger partial charge in [0.05, 0.1) is 5.92 Å². The van der Waals surface area contributed by atoms with Crippen LogP contribution >= 0.6 is 0 Å². The molecule has 0 fully saturated rings. The molecular weight excluding hydrogens is 430 g/mol. The Balaban J connectivity index is 1.58. The summed E-state index contributed by atoms with van der Waals surface area (Å²) in [6, 6.07) is 17.8. The van der Waals surface area contributed by atoms with E-state index in [2.05, 4.69) is 0 Å². The van der Waals surface area contributed by atoms with Gasteiger partial charge in [-0.1, -0.05) is 24.3 Å². The minimum atomic E-state index is -0.978. The van der Waals surface area contributed by atoms with Gasteiger partial charge in [-0.05, 0) is 43.3 Å². The van der Waals surface area contributed by atoms with E-state index in [4.69, 9.17) is 19.9 Å². The first-order chi connectivity index (χ1) is 15.9.